The fourth-order valence-corrected chi connectivity index (χ4v) is 4.05. The second-order valence-corrected chi connectivity index (χ2v) is 7.98. The number of aryl methyl sites for hydroxylation is 1. The molecule has 34 heavy (non-hydrogen) atoms. The maximum Gasteiger partial charge on any atom is 0.274 e. The number of benzene rings is 1. The average Bonchev–Trinajstić information content (AvgIpc) is 3.52. The van der Waals surface area contributed by atoms with E-state index in [4.69, 9.17) is 17.0 Å². The Hall–Kier alpha value is -4.26. The molecule has 174 valence electrons. The first-order valence-electron chi connectivity index (χ1n) is 11.7. The highest BCUT2D eigenvalue weighted by atomic mass is 16.5. The minimum Gasteiger partial charge on any atom is -0.490 e. The van der Waals surface area contributed by atoms with E-state index in [9.17, 15) is 10.1 Å². The van der Waals surface area contributed by atoms with Crippen LogP contribution < -0.4 is 19.1 Å². The minimum absolute atomic E-state index is 0.139. The smallest absolute Gasteiger partial charge is 0.274 e. The molecule has 2 aliphatic heterocycles. The van der Waals surface area contributed by atoms with Crippen molar-refractivity contribution in [3.63, 3.8) is 0 Å². The number of fused-ring (bicyclic) bond motifs is 1. The molecule has 4 heterocycles. The molecule has 10 nitrogen and oxygen atoms in total. The Kier molecular flexibility index (Phi) is 5.06. The molecule has 1 unspecified atom stereocenters. The first-order chi connectivity index (χ1) is 17.3. The summed E-state index contributed by atoms with van der Waals surface area (Å²) in [5.41, 5.74) is 1.41. The third-order valence-electron chi connectivity index (χ3n) is 5.69. The van der Waals surface area contributed by atoms with E-state index in [2.05, 4.69) is 9.97 Å². The fourth-order valence-electron chi connectivity index (χ4n) is 4.05. The van der Waals surface area contributed by atoms with Gasteiger partial charge in [-0.2, -0.15) is 5.26 Å². The number of hydrogen-bond donors (Lipinski definition) is 0. The number of carbonyl (C=O) groups is 1. The zero-order chi connectivity index (χ0) is 25.4. The fraction of sp³-hybridized carbons (Fsp3) is 0.333. The number of nitrogens with zero attached hydrogens (tertiary/aromatic N) is 6. The van der Waals surface area contributed by atoms with Gasteiger partial charge in [-0.1, -0.05) is 0 Å². The summed E-state index contributed by atoms with van der Waals surface area (Å²) in [5.74, 6) is 1.02. The van der Waals surface area contributed by atoms with Gasteiger partial charge in [0.1, 0.15) is 41.5 Å². The number of anilines is 2. The Bertz CT molecular complexity index is 1350. The van der Waals surface area contributed by atoms with E-state index < -0.39 is 6.50 Å². The van der Waals surface area contributed by atoms with Crippen LogP contribution >= 0.6 is 0 Å². The number of likely N-dealkylation sites (tertiary alicyclic amines) is 1. The number of amides is 1. The molecule has 1 amide bonds. The molecule has 0 bridgehead atoms. The van der Waals surface area contributed by atoms with Crippen molar-refractivity contribution in [2.45, 2.75) is 12.5 Å². The van der Waals surface area contributed by atoms with E-state index in [1.165, 1.54) is 24.3 Å². The van der Waals surface area contributed by atoms with Crippen molar-refractivity contribution in [1.29, 1.82) is 5.26 Å². The standard InChI is InChI=1S/C24H24N6O4/c1-28-14-20(27-15-28)24(31)29-6-5-19(13-29)34-18-3-4-22-21(10-18)30(7-8-33-22)17-9-16(11-25)23(32-2)26-12-17/h3-4,9-10,12,14-15,19H,5-8,13H2,1-2H3/i7D2. The van der Waals surface area contributed by atoms with E-state index in [1.54, 1.807) is 40.2 Å². The number of imidazole rings is 1. The topological polar surface area (TPSA) is 106 Å². The molecule has 1 saturated heterocycles. The zero-order valence-electron chi connectivity index (χ0n) is 20.8. The molecular weight excluding hydrogens is 436 g/mol. The zero-order valence-corrected chi connectivity index (χ0v) is 18.8. The average molecular weight is 463 g/mol. The molecule has 10 heteroatoms. The lowest BCUT2D eigenvalue weighted by Crippen LogP contribution is -2.31. The summed E-state index contributed by atoms with van der Waals surface area (Å²) < 4.78 is 35.8. The minimum atomic E-state index is -1.91. The second kappa shape index (κ2) is 8.94. The highest BCUT2D eigenvalue weighted by molar-refractivity contribution is 5.92. The molecule has 2 aromatic heterocycles. The van der Waals surface area contributed by atoms with Crippen LogP contribution in [-0.2, 0) is 7.05 Å². The summed E-state index contributed by atoms with van der Waals surface area (Å²) in [7, 11) is 3.23. The Morgan fingerprint density at radius 1 is 1.35 bits per heavy atom. The first kappa shape index (κ1) is 19.2. The van der Waals surface area contributed by atoms with Gasteiger partial charge in [0.05, 0.1) is 46.8 Å². The Morgan fingerprint density at radius 2 is 2.24 bits per heavy atom. The van der Waals surface area contributed by atoms with Gasteiger partial charge in [0.15, 0.2) is 0 Å². The van der Waals surface area contributed by atoms with Crippen molar-refractivity contribution in [2.75, 3.05) is 38.2 Å². The molecule has 1 fully saturated rings. The number of carbonyl (C=O) groups excluding carboxylic acids is 1. The van der Waals surface area contributed by atoms with Gasteiger partial charge < -0.3 is 28.6 Å². The third kappa shape index (κ3) is 4.08. The van der Waals surface area contributed by atoms with Crippen LogP contribution in [0, 0.1) is 11.3 Å². The molecule has 5 rings (SSSR count). The highest BCUT2D eigenvalue weighted by Gasteiger charge is 2.30. The van der Waals surface area contributed by atoms with Crippen molar-refractivity contribution in [2.24, 2.45) is 7.05 Å². The summed E-state index contributed by atoms with van der Waals surface area (Å²) in [6, 6.07) is 8.75. The molecule has 0 saturated carbocycles. The van der Waals surface area contributed by atoms with E-state index in [1.807, 2.05) is 13.1 Å². The van der Waals surface area contributed by atoms with Gasteiger partial charge in [-0.05, 0) is 18.2 Å². The normalized spacial score (nSPS) is 19.4. The van der Waals surface area contributed by atoms with Crippen LogP contribution in [0.1, 0.15) is 25.2 Å². The van der Waals surface area contributed by atoms with Crippen molar-refractivity contribution in [1.82, 2.24) is 19.4 Å². The second-order valence-electron chi connectivity index (χ2n) is 7.98. The van der Waals surface area contributed by atoms with Crippen LogP contribution in [0.4, 0.5) is 11.4 Å². The van der Waals surface area contributed by atoms with Gasteiger partial charge in [-0.3, -0.25) is 4.79 Å². The van der Waals surface area contributed by atoms with Gasteiger partial charge in [-0.25, -0.2) is 9.97 Å². The third-order valence-corrected chi connectivity index (χ3v) is 5.69. The van der Waals surface area contributed by atoms with E-state index in [0.717, 1.165) is 0 Å². The summed E-state index contributed by atoms with van der Waals surface area (Å²) in [5, 5.41) is 9.48. The number of rotatable bonds is 5. The van der Waals surface area contributed by atoms with Crippen LogP contribution in [0.5, 0.6) is 17.4 Å². The summed E-state index contributed by atoms with van der Waals surface area (Å²) in [6.45, 7) is -1.14. The summed E-state index contributed by atoms with van der Waals surface area (Å²) in [4.78, 5) is 24.2. The summed E-state index contributed by atoms with van der Waals surface area (Å²) >= 11 is 0. The van der Waals surface area contributed by atoms with E-state index >= 15 is 0 Å². The van der Waals surface area contributed by atoms with E-state index in [-0.39, 0.29) is 30.1 Å². The molecule has 1 atom stereocenters. The van der Waals surface area contributed by atoms with Gasteiger partial charge in [0.25, 0.3) is 5.91 Å². The van der Waals surface area contributed by atoms with E-state index in [0.29, 0.717) is 48.1 Å². The molecule has 0 radical (unpaired) electrons. The Morgan fingerprint density at radius 3 is 3.00 bits per heavy atom. The predicted octanol–water partition coefficient (Wildman–Crippen LogP) is 2.52. The SMILES string of the molecule is [2H]C1([2H])COc2ccc(OC3CCN(C(=O)c4cn(C)cn4)C3)cc2N1c1cnc(OC)c(C#N)c1. The van der Waals surface area contributed by atoms with Crippen molar-refractivity contribution in [3.05, 3.63) is 54.2 Å². The number of aromatic nitrogens is 3. The molecule has 0 N–H and O–H groups in total. The van der Waals surface area contributed by atoms with Crippen LogP contribution in [0.15, 0.2) is 43.0 Å². The maximum absolute atomic E-state index is 12.7. The quantitative estimate of drug-likeness (QED) is 0.570. The lowest BCUT2D eigenvalue weighted by atomic mass is 10.2. The highest BCUT2D eigenvalue weighted by Crippen LogP contribution is 2.40. The largest absolute Gasteiger partial charge is 0.490 e. The maximum atomic E-state index is 12.7. The predicted molar refractivity (Wildman–Crippen MR) is 123 cm³/mol. The molecule has 1 aromatic carbocycles. The van der Waals surface area contributed by atoms with Crippen LogP contribution in [0.25, 0.3) is 0 Å². The van der Waals surface area contributed by atoms with Gasteiger partial charge in [0.2, 0.25) is 5.88 Å². The first-order valence-corrected chi connectivity index (χ1v) is 10.7. The number of pyridine rings is 1. The Labute approximate surface area is 199 Å². The van der Waals surface area contributed by atoms with Gasteiger partial charge in [-0.15, -0.1) is 0 Å². The lowest BCUT2D eigenvalue weighted by Gasteiger charge is -2.31. The molecule has 2 aliphatic rings. The molecule has 0 spiro atoms. The molecule has 0 aliphatic carbocycles. The van der Waals surface area contributed by atoms with Gasteiger partial charge in [0, 0.05) is 32.3 Å². The number of nitriles is 1. The van der Waals surface area contributed by atoms with Crippen LogP contribution in [-0.4, -0.2) is 64.7 Å². The van der Waals surface area contributed by atoms with Crippen LogP contribution in [0.3, 0.4) is 0 Å². The summed E-state index contributed by atoms with van der Waals surface area (Å²) in [6.07, 6.45) is 5.17. The lowest BCUT2D eigenvalue weighted by molar-refractivity contribution is 0.0767. The monoisotopic (exact) mass is 462 g/mol. The number of methoxy groups -OCH3 is 1. The van der Waals surface area contributed by atoms with Crippen molar-refractivity contribution in [3.8, 4) is 23.4 Å². The van der Waals surface area contributed by atoms with Crippen LogP contribution in [0.2, 0.25) is 0 Å². The van der Waals surface area contributed by atoms with Crippen molar-refractivity contribution >= 4 is 17.3 Å². The molecular formula is C24H24N6O4. The molecule has 3 aromatic rings. The van der Waals surface area contributed by atoms with Crippen molar-refractivity contribution < 1.29 is 21.7 Å². The van der Waals surface area contributed by atoms with Gasteiger partial charge >= 0.3 is 0 Å². The Balaban J connectivity index is 1.39. The number of hydrogen-bond acceptors (Lipinski definition) is 8. The number of ether oxygens (including phenoxy) is 3.